The second kappa shape index (κ2) is 5.31. The van der Waals surface area contributed by atoms with E-state index in [4.69, 9.17) is 4.74 Å². The number of hydrogen-bond acceptors (Lipinski definition) is 4. The highest BCUT2D eigenvalue weighted by Crippen LogP contribution is 2.28. The number of pyridine rings is 1. The smallest absolute Gasteiger partial charge is 0.279 e. The summed E-state index contributed by atoms with van der Waals surface area (Å²) in [7, 11) is 0. The lowest BCUT2D eigenvalue weighted by molar-refractivity contribution is -0.385. The summed E-state index contributed by atoms with van der Waals surface area (Å²) in [5.74, 6) is -0.00932. The van der Waals surface area contributed by atoms with Gasteiger partial charge in [-0.2, -0.15) is 0 Å². The van der Waals surface area contributed by atoms with Gasteiger partial charge in [-0.3, -0.25) is 10.1 Å². The molecule has 0 fully saturated rings. The maximum Gasteiger partial charge on any atom is 0.279 e. The maximum atomic E-state index is 13.1. The molecule has 19 heavy (non-hydrogen) atoms. The lowest BCUT2D eigenvalue weighted by Crippen LogP contribution is -1.95. The first kappa shape index (κ1) is 13.4. The van der Waals surface area contributed by atoms with Crippen LogP contribution < -0.4 is 4.74 Å². The molecule has 0 atom stereocenters. The minimum absolute atomic E-state index is 0.0776. The van der Waals surface area contributed by atoms with Crippen LogP contribution in [-0.2, 0) is 0 Å². The molecule has 0 aliphatic heterocycles. The summed E-state index contributed by atoms with van der Waals surface area (Å²) in [6.07, 6.45) is 1.35. The van der Waals surface area contributed by atoms with E-state index in [9.17, 15) is 14.5 Å². The zero-order chi connectivity index (χ0) is 14.0. The van der Waals surface area contributed by atoms with Crippen molar-refractivity contribution < 1.29 is 14.1 Å². The van der Waals surface area contributed by atoms with Gasteiger partial charge >= 0.3 is 0 Å². The average molecular weight is 327 g/mol. The second-order valence-corrected chi connectivity index (χ2v) is 4.60. The fourth-order valence-electron chi connectivity index (χ4n) is 1.41. The van der Waals surface area contributed by atoms with Gasteiger partial charge in [-0.1, -0.05) is 0 Å². The van der Waals surface area contributed by atoms with Crippen molar-refractivity contribution >= 4 is 21.6 Å². The molecule has 0 amide bonds. The Balaban J connectivity index is 2.30. The molecule has 0 saturated carbocycles. The van der Waals surface area contributed by atoms with E-state index in [1.54, 1.807) is 6.92 Å². The van der Waals surface area contributed by atoms with Crippen LogP contribution in [0.25, 0.3) is 0 Å². The predicted molar refractivity (Wildman–Crippen MR) is 69.8 cm³/mol. The molecule has 0 saturated heterocycles. The van der Waals surface area contributed by atoms with Gasteiger partial charge < -0.3 is 4.74 Å². The summed E-state index contributed by atoms with van der Waals surface area (Å²) < 4.78 is 18.6. The zero-order valence-electron chi connectivity index (χ0n) is 9.76. The summed E-state index contributed by atoms with van der Waals surface area (Å²) in [5, 5.41) is 10.8. The van der Waals surface area contributed by atoms with Crippen LogP contribution in [0, 0.1) is 22.9 Å². The predicted octanol–water partition coefficient (Wildman–Crippen LogP) is 3.99. The number of nitrogens with zero attached hydrogens (tertiary/aromatic N) is 2. The first-order valence-corrected chi connectivity index (χ1v) is 6.00. The molecule has 0 aliphatic rings. The van der Waals surface area contributed by atoms with Crippen molar-refractivity contribution in [2.24, 2.45) is 0 Å². The van der Waals surface area contributed by atoms with E-state index < -0.39 is 10.7 Å². The van der Waals surface area contributed by atoms with Gasteiger partial charge in [-0.25, -0.2) is 9.37 Å². The van der Waals surface area contributed by atoms with Crippen molar-refractivity contribution in [3.05, 3.63) is 56.4 Å². The highest BCUT2D eigenvalue weighted by atomic mass is 79.9. The van der Waals surface area contributed by atoms with Crippen LogP contribution in [0.1, 0.15) is 5.56 Å². The molecule has 98 valence electrons. The molecule has 7 heteroatoms. The molecular formula is C12H8BrFN2O3. The van der Waals surface area contributed by atoms with Gasteiger partial charge in [0.25, 0.3) is 5.69 Å². The Morgan fingerprint density at radius 1 is 1.42 bits per heavy atom. The fraction of sp³-hybridized carbons (Fsp3) is 0.0833. The zero-order valence-corrected chi connectivity index (χ0v) is 11.3. The topological polar surface area (TPSA) is 65.3 Å². The standard InChI is InChI=1S/C12H8BrFN2O3/c1-7-6-15-12(5-11(7)16(17)18)19-8-2-3-10(14)9(13)4-8/h2-6H,1H3. The SMILES string of the molecule is Cc1cnc(Oc2ccc(F)c(Br)c2)cc1[N+](=O)[O-]. The van der Waals surface area contributed by atoms with Gasteiger partial charge in [-0.05, 0) is 41.1 Å². The Morgan fingerprint density at radius 3 is 2.79 bits per heavy atom. The van der Waals surface area contributed by atoms with E-state index in [-0.39, 0.29) is 16.0 Å². The van der Waals surface area contributed by atoms with E-state index in [0.29, 0.717) is 11.3 Å². The molecule has 0 unspecified atom stereocenters. The van der Waals surface area contributed by atoms with Crippen LogP contribution in [-0.4, -0.2) is 9.91 Å². The van der Waals surface area contributed by atoms with Crippen LogP contribution in [0.15, 0.2) is 34.9 Å². The molecule has 1 aromatic heterocycles. The van der Waals surface area contributed by atoms with Gasteiger partial charge in [0.2, 0.25) is 5.88 Å². The largest absolute Gasteiger partial charge is 0.439 e. The molecule has 0 aliphatic carbocycles. The first-order valence-electron chi connectivity index (χ1n) is 5.21. The molecule has 0 N–H and O–H groups in total. The van der Waals surface area contributed by atoms with Crippen LogP contribution in [0.3, 0.4) is 0 Å². The van der Waals surface area contributed by atoms with Gasteiger partial charge in [0.05, 0.1) is 15.5 Å². The summed E-state index contributed by atoms with van der Waals surface area (Å²) in [4.78, 5) is 14.2. The van der Waals surface area contributed by atoms with Crippen molar-refractivity contribution in [2.45, 2.75) is 6.92 Å². The Kier molecular flexibility index (Phi) is 3.75. The number of rotatable bonds is 3. The summed E-state index contributed by atoms with van der Waals surface area (Å²) in [6, 6.07) is 5.28. The molecule has 1 aromatic carbocycles. The van der Waals surface area contributed by atoms with E-state index in [2.05, 4.69) is 20.9 Å². The van der Waals surface area contributed by atoms with Crippen LogP contribution in [0.4, 0.5) is 10.1 Å². The minimum atomic E-state index is -0.509. The normalized spacial score (nSPS) is 10.3. The Hall–Kier alpha value is -2.02. The number of nitro groups is 1. The summed E-state index contributed by atoms with van der Waals surface area (Å²) >= 11 is 3.03. The number of benzene rings is 1. The maximum absolute atomic E-state index is 13.1. The molecular weight excluding hydrogens is 319 g/mol. The Morgan fingerprint density at radius 2 is 2.16 bits per heavy atom. The Bertz CT molecular complexity index is 649. The van der Waals surface area contributed by atoms with Gasteiger partial charge in [0, 0.05) is 11.8 Å². The number of hydrogen-bond donors (Lipinski definition) is 0. The van der Waals surface area contributed by atoms with E-state index in [1.807, 2.05) is 0 Å². The van der Waals surface area contributed by atoms with Crippen molar-refractivity contribution in [1.82, 2.24) is 4.98 Å². The van der Waals surface area contributed by atoms with Crippen LogP contribution in [0.5, 0.6) is 11.6 Å². The van der Waals surface area contributed by atoms with Crippen molar-refractivity contribution in [3.8, 4) is 11.6 Å². The third kappa shape index (κ3) is 3.05. The van der Waals surface area contributed by atoms with Crippen molar-refractivity contribution in [3.63, 3.8) is 0 Å². The molecule has 0 spiro atoms. The first-order chi connectivity index (χ1) is 8.97. The number of aromatic nitrogens is 1. The monoisotopic (exact) mass is 326 g/mol. The molecule has 0 bridgehead atoms. The quantitative estimate of drug-likeness (QED) is 0.631. The van der Waals surface area contributed by atoms with E-state index in [1.165, 1.54) is 30.5 Å². The van der Waals surface area contributed by atoms with Crippen molar-refractivity contribution in [1.29, 1.82) is 0 Å². The van der Waals surface area contributed by atoms with E-state index in [0.717, 1.165) is 0 Å². The van der Waals surface area contributed by atoms with Gasteiger partial charge in [0.15, 0.2) is 0 Å². The molecule has 2 rings (SSSR count). The van der Waals surface area contributed by atoms with Crippen LogP contribution in [0.2, 0.25) is 0 Å². The lowest BCUT2D eigenvalue weighted by Gasteiger charge is -2.06. The molecule has 0 radical (unpaired) electrons. The van der Waals surface area contributed by atoms with Gasteiger partial charge in [-0.15, -0.1) is 0 Å². The minimum Gasteiger partial charge on any atom is -0.439 e. The van der Waals surface area contributed by atoms with Crippen LogP contribution >= 0.6 is 15.9 Å². The molecule has 1 heterocycles. The van der Waals surface area contributed by atoms with Gasteiger partial charge in [0.1, 0.15) is 11.6 Å². The third-order valence-corrected chi connectivity index (χ3v) is 2.97. The Labute approximate surface area is 116 Å². The number of halogens is 2. The average Bonchev–Trinajstić information content (AvgIpc) is 2.36. The number of ether oxygens (including phenoxy) is 1. The van der Waals surface area contributed by atoms with Crippen molar-refractivity contribution in [2.75, 3.05) is 0 Å². The summed E-state index contributed by atoms with van der Waals surface area (Å²) in [5.41, 5.74) is 0.365. The second-order valence-electron chi connectivity index (χ2n) is 3.74. The van der Waals surface area contributed by atoms with E-state index >= 15 is 0 Å². The summed E-state index contributed by atoms with van der Waals surface area (Å²) in [6.45, 7) is 1.59. The third-order valence-electron chi connectivity index (χ3n) is 2.36. The fourth-order valence-corrected chi connectivity index (χ4v) is 1.77. The molecule has 2 aromatic rings. The lowest BCUT2D eigenvalue weighted by atomic mass is 10.2. The highest BCUT2D eigenvalue weighted by Gasteiger charge is 2.13. The number of aryl methyl sites for hydroxylation is 1. The highest BCUT2D eigenvalue weighted by molar-refractivity contribution is 9.10. The molecule has 5 nitrogen and oxygen atoms in total.